The largest absolute Gasteiger partial charge is 0.397 e. The lowest BCUT2D eigenvalue weighted by Crippen LogP contribution is -2.30. The number of rotatable bonds is 2. The minimum absolute atomic E-state index is 0.0318. The average Bonchev–Trinajstić information content (AvgIpc) is 2.39. The monoisotopic (exact) mass is 247 g/mol. The molecule has 1 saturated heterocycles. The van der Waals surface area contributed by atoms with Gasteiger partial charge >= 0.3 is 0 Å². The summed E-state index contributed by atoms with van der Waals surface area (Å²) >= 11 is 0. The molecule has 2 N–H and O–H groups in total. The van der Waals surface area contributed by atoms with Gasteiger partial charge in [0.25, 0.3) is 0 Å². The molecular weight excluding hydrogens is 226 g/mol. The predicted molar refractivity (Wildman–Crippen MR) is 76.0 cm³/mol. The summed E-state index contributed by atoms with van der Waals surface area (Å²) in [6.45, 7) is 3.67. The van der Waals surface area contributed by atoms with Gasteiger partial charge in [-0.05, 0) is 37.5 Å². The number of anilines is 3. The zero-order chi connectivity index (χ0) is 13.1. The minimum atomic E-state index is 0.0318. The van der Waals surface area contributed by atoms with Gasteiger partial charge in [-0.1, -0.05) is 0 Å². The highest BCUT2D eigenvalue weighted by Gasteiger charge is 2.15. The fourth-order valence-corrected chi connectivity index (χ4v) is 2.33. The van der Waals surface area contributed by atoms with Crippen molar-refractivity contribution in [2.75, 3.05) is 35.7 Å². The molecule has 0 unspecified atom stereocenters. The highest BCUT2D eigenvalue weighted by Crippen LogP contribution is 2.30. The fourth-order valence-electron chi connectivity index (χ4n) is 2.33. The number of nitrogen functional groups attached to an aromatic ring is 1. The molecule has 1 aromatic carbocycles. The molecule has 1 aliphatic rings. The van der Waals surface area contributed by atoms with Crippen LogP contribution >= 0.6 is 0 Å². The molecule has 0 saturated carbocycles. The lowest BCUT2D eigenvalue weighted by atomic mass is 10.1. The normalized spacial score (nSPS) is 15.6. The van der Waals surface area contributed by atoms with Gasteiger partial charge in [-0.15, -0.1) is 0 Å². The molecule has 0 aliphatic carbocycles. The Hall–Kier alpha value is -1.71. The van der Waals surface area contributed by atoms with Crippen molar-refractivity contribution in [3.8, 4) is 0 Å². The summed E-state index contributed by atoms with van der Waals surface area (Å²) in [6, 6.07) is 5.80. The van der Waals surface area contributed by atoms with Crippen LogP contribution < -0.4 is 15.5 Å². The first-order valence-electron chi connectivity index (χ1n) is 6.48. The number of nitrogens with two attached hydrogens (primary N) is 1. The van der Waals surface area contributed by atoms with E-state index >= 15 is 0 Å². The van der Waals surface area contributed by atoms with Gasteiger partial charge in [0.05, 0.1) is 11.4 Å². The molecule has 0 radical (unpaired) electrons. The van der Waals surface area contributed by atoms with E-state index in [4.69, 9.17) is 5.73 Å². The third-order valence-electron chi connectivity index (χ3n) is 3.57. The van der Waals surface area contributed by atoms with E-state index in [9.17, 15) is 4.79 Å². The van der Waals surface area contributed by atoms with Crippen LogP contribution in [0.1, 0.15) is 26.2 Å². The van der Waals surface area contributed by atoms with Crippen LogP contribution in [-0.4, -0.2) is 26.0 Å². The second-order valence-corrected chi connectivity index (χ2v) is 4.87. The van der Waals surface area contributed by atoms with Crippen molar-refractivity contribution < 1.29 is 4.79 Å². The van der Waals surface area contributed by atoms with Gasteiger partial charge in [-0.2, -0.15) is 0 Å². The van der Waals surface area contributed by atoms with Gasteiger partial charge in [0, 0.05) is 32.7 Å². The summed E-state index contributed by atoms with van der Waals surface area (Å²) < 4.78 is 0. The van der Waals surface area contributed by atoms with Gasteiger partial charge in [0.1, 0.15) is 0 Å². The van der Waals surface area contributed by atoms with Crippen LogP contribution in [0.15, 0.2) is 18.2 Å². The van der Waals surface area contributed by atoms with Gasteiger partial charge in [0.15, 0.2) is 0 Å². The Labute approximate surface area is 108 Å². The van der Waals surface area contributed by atoms with Gasteiger partial charge in [0.2, 0.25) is 5.91 Å². The molecule has 1 aromatic rings. The van der Waals surface area contributed by atoms with E-state index < -0.39 is 0 Å². The zero-order valence-electron chi connectivity index (χ0n) is 11.1. The maximum atomic E-state index is 11.4. The molecule has 1 fully saturated rings. The van der Waals surface area contributed by atoms with Crippen molar-refractivity contribution in [1.29, 1.82) is 0 Å². The number of piperidine rings is 1. The van der Waals surface area contributed by atoms with Gasteiger partial charge in [-0.25, -0.2) is 0 Å². The smallest absolute Gasteiger partial charge is 0.223 e. The quantitative estimate of drug-likeness (QED) is 0.815. The highest BCUT2D eigenvalue weighted by atomic mass is 16.2. The number of carbonyl (C=O) groups excluding carboxylic acids is 1. The van der Waals surface area contributed by atoms with Crippen LogP contribution in [0.3, 0.4) is 0 Å². The predicted octanol–water partition coefficient (Wildman–Crippen LogP) is 2.24. The van der Waals surface area contributed by atoms with Crippen molar-refractivity contribution in [1.82, 2.24) is 0 Å². The van der Waals surface area contributed by atoms with Crippen LogP contribution in [0.5, 0.6) is 0 Å². The van der Waals surface area contributed by atoms with Crippen molar-refractivity contribution in [3.63, 3.8) is 0 Å². The van der Waals surface area contributed by atoms with E-state index in [-0.39, 0.29) is 5.91 Å². The highest BCUT2D eigenvalue weighted by molar-refractivity contribution is 5.92. The van der Waals surface area contributed by atoms with E-state index in [0.717, 1.165) is 30.2 Å². The summed E-state index contributed by atoms with van der Waals surface area (Å²) in [5.74, 6) is 0.0318. The molecule has 4 nitrogen and oxygen atoms in total. The minimum Gasteiger partial charge on any atom is -0.397 e. The molecule has 1 aliphatic heterocycles. The van der Waals surface area contributed by atoms with Crippen LogP contribution in [0, 0.1) is 0 Å². The van der Waals surface area contributed by atoms with Crippen LogP contribution in [-0.2, 0) is 4.79 Å². The molecule has 0 atom stereocenters. The maximum absolute atomic E-state index is 11.4. The fraction of sp³-hybridized carbons (Fsp3) is 0.500. The number of benzene rings is 1. The van der Waals surface area contributed by atoms with E-state index in [0.29, 0.717) is 0 Å². The molecule has 18 heavy (non-hydrogen) atoms. The SMILES string of the molecule is CC(=O)N(C)c1ccc(N)c(N2CCCCC2)c1. The third-order valence-corrected chi connectivity index (χ3v) is 3.57. The Kier molecular flexibility index (Phi) is 3.75. The second-order valence-electron chi connectivity index (χ2n) is 4.87. The van der Waals surface area contributed by atoms with Crippen molar-refractivity contribution in [2.24, 2.45) is 0 Å². The first kappa shape index (κ1) is 12.7. The third kappa shape index (κ3) is 2.58. The molecule has 1 amide bonds. The first-order chi connectivity index (χ1) is 8.59. The number of hydrogen-bond acceptors (Lipinski definition) is 3. The van der Waals surface area contributed by atoms with Gasteiger partial charge < -0.3 is 15.5 Å². The summed E-state index contributed by atoms with van der Waals surface area (Å²) in [7, 11) is 1.79. The molecule has 1 heterocycles. The topological polar surface area (TPSA) is 49.6 Å². The van der Waals surface area contributed by atoms with Crippen molar-refractivity contribution in [2.45, 2.75) is 26.2 Å². The molecular formula is C14H21N3O. The second kappa shape index (κ2) is 5.29. The van der Waals surface area contributed by atoms with Crippen LogP contribution in [0.25, 0.3) is 0 Å². The molecule has 0 bridgehead atoms. The zero-order valence-corrected chi connectivity index (χ0v) is 11.1. The Morgan fingerprint density at radius 2 is 1.94 bits per heavy atom. The number of hydrogen-bond donors (Lipinski definition) is 1. The van der Waals surface area contributed by atoms with E-state index in [1.54, 1.807) is 18.9 Å². The standard InChI is InChI=1S/C14H21N3O/c1-11(18)16(2)12-6-7-13(15)14(10-12)17-8-4-3-5-9-17/h6-7,10H,3-5,8-9,15H2,1-2H3. The summed E-state index contributed by atoms with van der Waals surface area (Å²) in [5.41, 5.74) is 8.80. The van der Waals surface area contributed by atoms with Crippen LogP contribution in [0.2, 0.25) is 0 Å². The van der Waals surface area contributed by atoms with E-state index in [2.05, 4.69) is 4.90 Å². The van der Waals surface area contributed by atoms with Crippen molar-refractivity contribution >= 4 is 23.0 Å². The lowest BCUT2D eigenvalue weighted by molar-refractivity contribution is -0.116. The molecule has 98 valence electrons. The number of nitrogens with zero attached hydrogens (tertiary/aromatic N) is 2. The summed E-state index contributed by atoms with van der Waals surface area (Å²) in [5, 5.41) is 0. The Morgan fingerprint density at radius 3 is 2.56 bits per heavy atom. The molecule has 4 heteroatoms. The molecule has 2 rings (SSSR count). The van der Waals surface area contributed by atoms with E-state index in [1.165, 1.54) is 19.3 Å². The Balaban J connectivity index is 2.28. The Morgan fingerprint density at radius 1 is 1.28 bits per heavy atom. The van der Waals surface area contributed by atoms with Crippen molar-refractivity contribution in [3.05, 3.63) is 18.2 Å². The maximum Gasteiger partial charge on any atom is 0.223 e. The summed E-state index contributed by atoms with van der Waals surface area (Å²) in [4.78, 5) is 15.4. The Bertz CT molecular complexity index is 439. The molecule has 0 spiro atoms. The van der Waals surface area contributed by atoms with Crippen LogP contribution in [0.4, 0.5) is 17.1 Å². The average molecular weight is 247 g/mol. The van der Waals surface area contributed by atoms with Gasteiger partial charge in [-0.3, -0.25) is 4.79 Å². The molecule has 0 aromatic heterocycles. The van der Waals surface area contributed by atoms with E-state index in [1.807, 2.05) is 18.2 Å². The lowest BCUT2D eigenvalue weighted by Gasteiger charge is -2.30. The first-order valence-corrected chi connectivity index (χ1v) is 6.48. The summed E-state index contributed by atoms with van der Waals surface area (Å²) in [6.07, 6.45) is 3.72. The number of carbonyl (C=O) groups is 1. The number of amides is 1.